The zero-order valence-electron chi connectivity index (χ0n) is 8.35. The Morgan fingerprint density at radius 2 is 1.75 bits per heavy atom. The second kappa shape index (κ2) is 4.37. The number of phenols is 1. The summed E-state index contributed by atoms with van der Waals surface area (Å²) in [4.78, 5) is 10.5. The maximum atomic E-state index is 10.5. The lowest BCUT2D eigenvalue weighted by Gasteiger charge is -2.05. The molecular weight excluding hydrogens is 224 g/mol. The van der Waals surface area contributed by atoms with Gasteiger partial charge in [0.25, 0.3) is 0 Å². The van der Waals surface area contributed by atoms with Gasteiger partial charge in [-0.3, -0.25) is 4.79 Å². The van der Waals surface area contributed by atoms with Gasteiger partial charge in [-0.15, -0.1) is 0 Å². The van der Waals surface area contributed by atoms with E-state index in [1.54, 1.807) is 36.4 Å². The van der Waals surface area contributed by atoms with Crippen molar-refractivity contribution in [2.24, 2.45) is 0 Å². The van der Waals surface area contributed by atoms with Gasteiger partial charge in [-0.05, 0) is 23.8 Å². The zero-order chi connectivity index (χ0) is 11.5. The third-order valence-corrected chi connectivity index (χ3v) is 2.64. The number of benzene rings is 2. The molecule has 3 heteroatoms. The van der Waals surface area contributed by atoms with E-state index >= 15 is 0 Å². The minimum Gasteiger partial charge on any atom is -0.508 e. The number of hydrogen-bond donors (Lipinski definition) is 1. The van der Waals surface area contributed by atoms with Crippen LogP contribution in [-0.2, 0) is 0 Å². The second-order valence-electron chi connectivity index (χ2n) is 3.40. The molecule has 16 heavy (non-hydrogen) atoms. The number of carbonyl (C=O) groups is 1. The van der Waals surface area contributed by atoms with Crippen LogP contribution < -0.4 is 0 Å². The first-order chi connectivity index (χ1) is 7.70. The minimum atomic E-state index is 0.166. The van der Waals surface area contributed by atoms with Crippen LogP contribution in [0.5, 0.6) is 5.75 Å². The first kappa shape index (κ1) is 10.7. The Morgan fingerprint density at radius 1 is 1.06 bits per heavy atom. The number of halogens is 1. The molecule has 0 aliphatic rings. The molecule has 0 bridgehead atoms. The Kier molecular flexibility index (Phi) is 2.93. The van der Waals surface area contributed by atoms with Crippen molar-refractivity contribution in [3.8, 4) is 16.9 Å². The average Bonchev–Trinajstić information content (AvgIpc) is 2.32. The molecule has 2 aromatic carbocycles. The smallest absolute Gasteiger partial charge is 0.150 e. The van der Waals surface area contributed by atoms with E-state index in [1.807, 2.05) is 0 Å². The van der Waals surface area contributed by atoms with E-state index in [4.69, 9.17) is 11.6 Å². The topological polar surface area (TPSA) is 37.3 Å². The lowest BCUT2D eigenvalue weighted by atomic mass is 10.0. The van der Waals surface area contributed by atoms with E-state index in [2.05, 4.69) is 0 Å². The van der Waals surface area contributed by atoms with Crippen LogP contribution >= 0.6 is 11.6 Å². The Balaban J connectivity index is 2.49. The SMILES string of the molecule is O=Cc1ccc(-c2cc(O)ccc2Cl)cc1. The van der Waals surface area contributed by atoms with Gasteiger partial charge in [0.15, 0.2) is 0 Å². The Morgan fingerprint density at radius 3 is 2.38 bits per heavy atom. The van der Waals surface area contributed by atoms with E-state index in [0.717, 1.165) is 17.4 Å². The Hall–Kier alpha value is -1.80. The molecule has 0 unspecified atom stereocenters. The largest absolute Gasteiger partial charge is 0.508 e. The number of hydrogen-bond acceptors (Lipinski definition) is 2. The second-order valence-corrected chi connectivity index (χ2v) is 3.81. The molecule has 80 valence electrons. The molecule has 0 aliphatic carbocycles. The standard InChI is InChI=1S/C13H9ClO2/c14-13-6-5-11(16)7-12(13)10-3-1-9(8-15)2-4-10/h1-8,16H. The molecule has 2 aromatic rings. The van der Waals surface area contributed by atoms with Gasteiger partial charge in [-0.1, -0.05) is 35.9 Å². The van der Waals surface area contributed by atoms with Crippen molar-refractivity contribution in [2.75, 3.05) is 0 Å². The fourth-order valence-corrected chi connectivity index (χ4v) is 1.70. The van der Waals surface area contributed by atoms with Crippen LogP contribution in [0.4, 0.5) is 0 Å². The van der Waals surface area contributed by atoms with E-state index in [1.165, 1.54) is 6.07 Å². The summed E-state index contributed by atoms with van der Waals surface area (Å²) >= 11 is 6.02. The summed E-state index contributed by atoms with van der Waals surface area (Å²) in [6, 6.07) is 11.8. The van der Waals surface area contributed by atoms with Crippen molar-refractivity contribution >= 4 is 17.9 Å². The van der Waals surface area contributed by atoms with Crippen LogP contribution in [0.2, 0.25) is 5.02 Å². The Labute approximate surface area is 98.1 Å². The summed E-state index contributed by atoms with van der Waals surface area (Å²) < 4.78 is 0. The quantitative estimate of drug-likeness (QED) is 0.805. The maximum Gasteiger partial charge on any atom is 0.150 e. The molecule has 2 rings (SSSR count). The fraction of sp³-hybridized carbons (Fsp3) is 0. The molecular formula is C13H9ClO2. The normalized spacial score (nSPS) is 10.1. The summed E-state index contributed by atoms with van der Waals surface area (Å²) in [6.07, 6.45) is 0.786. The van der Waals surface area contributed by atoms with Crippen molar-refractivity contribution in [3.05, 3.63) is 53.1 Å². The van der Waals surface area contributed by atoms with Gasteiger partial charge in [-0.2, -0.15) is 0 Å². The monoisotopic (exact) mass is 232 g/mol. The van der Waals surface area contributed by atoms with Gasteiger partial charge in [0.2, 0.25) is 0 Å². The van der Waals surface area contributed by atoms with Crippen LogP contribution in [0.1, 0.15) is 10.4 Å². The molecule has 0 saturated carbocycles. The number of aromatic hydroxyl groups is 1. The Bertz CT molecular complexity index is 518. The van der Waals surface area contributed by atoms with E-state index in [9.17, 15) is 9.90 Å². The molecule has 0 aliphatic heterocycles. The average molecular weight is 233 g/mol. The highest BCUT2D eigenvalue weighted by Crippen LogP contribution is 2.30. The molecule has 2 nitrogen and oxygen atoms in total. The summed E-state index contributed by atoms with van der Waals surface area (Å²) in [5.74, 6) is 0.166. The number of rotatable bonds is 2. The van der Waals surface area contributed by atoms with Crippen molar-refractivity contribution in [2.45, 2.75) is 0 Å². The van der Waals surface area contributed by atoms with Gasteiger partial charge in [0.05, 0.1) is 0 Å². The fourth-order valence-electron chi connectivity index (χ4n) is 1.48. The highest BCUT2D eigenvalue weighted by molar-refractivity contribution is 6.33. The molecule has 0 spiro atoms. The molecule has 0 radical (unpaired) electrons. The van der Waals surface area contributed by atoms with Crippen LogP contribution in [-0.4, -0.2) is 11.4 Å². The van der Waals surface area contributed by atoms with Crippen molar-refractivity contribution in [1.82, 2.24) is 0 Å². The van der Waals surface area contributed by atoms with Crippen LogP contribution in [0.3, 0.4) is 0 Å². The predicted molar refractivity (Wildman–Crippen MR) is 63.9 cm³/mol. The predicted octanol–water partition coefficient (Wildman–Crippen LogP) is 3.53. The first-order valence-electron chi connectivity index (χ1n) is 4.75. The third-order valence-electron chi connectivity index (χ3n) is 2.31. The van der Waals surface area contributed by atoms with Gasteiger partial charge < -0.3 is 5.11 Å². The van der Waals surface area contributed by atoms with E-state index in [-0.39, 0.29) is 5.75 Å². The molecule has 0 aromatic heterocycles. The minimum absolute atomic E-state index is 0.166. The molecule has 1 N–H and O–H groups in total. The number of carbonyl (C=O) groups excluding carboxylic acids is 1. The molecule has 0 saturated heterocycles. The maximum absolute atomic E-state index is 10.5. The number of aldehydes is 1. The summed E-state index contributed by atoms with van der Waals surface area (Å²) in [7, 11) is 0. The molecule has 0 atom stereocenters. The summed E-state index contributed by atoms with van der Waals surface area (Å²) in [5.41, 5.74) is 2.23. The van der Waals surface area contributed by atoms with Crippen LogP contribution in [0.15, 0.2) is 42.5 Å². The lowest BCUT2D eigenvalue weighted by Crippen LogP contribution is -1.82. The molecule has 0 fully saturated rings. The zero-order valence-corrected chi connectivity index (χ0v) is 9.11. The van der Waals surface area contributed by atoms with Crippen LogP contribution in [0, 0.1) is 0 Å². The number of phenolic OH excluding ortho intramolecular Hbond substituents is 1. The first-order valence-corrected chi connectivity index (χ1v) is 5.12. The van der Waals surface area contributed by atoms with E-state index < -0.39 is 0 Å². The molecule has 0 heterocycles. The third kappa shape index (κ3) is 2.07. The van der Waals surface area contributed by atoms with Crippen molar-refractivity contribution in [1.29, 1.82) is 0 Å². The van der Waals surface area contributed by atoms with E-state index in [0.29, 0.717) is 10.6 Å². The van der Waals surface area contributed by atoms with Gasteiger partial charge >= 0.3 is 0 Å². The van der Waals surface area contributed by atoms with Gasteiger partial charge in [0.1, 0.15) is 12.0 Å². The lowest BCUT2D eigenvalue weighted by molar-refractivity contribution is 0.112. The van der Waals surface area contributed by atoms with Crippen molar-refractivity contribution in [3.63, 3.8) is 0 Å². The van der Waals surface area contributed by atoms with Crippen molar-refractivity contribution < 1.29 is 9.90 Å². The van der Waals surface area contributed by atoms with Gasteiger partial charge in [0, 0.05) is 16.1 Å². The van der Waals surface area contributed by atoms with Gasteiger partial charge in [-0.25, -0.2) is 0 Å². The summed E-state index contributed by atoms with van der Waals surface area (Å²) in [6.45, 7) is 0. The highest BCUT2D eigenvalue weighted by atomic mass is 35.5. The molecule has 0 amide bonds. The highest BCUT2D eigenvalue weighted by Gasteiger charge is 2.04. The van der Waals surface area contributed by atoms with Crippen LogP contribution in [0.25, 0.3) is 11.1 Å². The summed E-state index contributed by atoms with van der Waals surface area (Å²) in [5, 5.41) is 9.95.